The molecule has 0 radical (unpaired) electrons. The minimum Gasteiger partial charge on any atom is -0.367 e. The highest BCUT2D eigenvalue weighted by Crippen LogP contribution is 2.41. The molecule has 1 fully saturated rings. The Hall–Kier alpha value is -3.90. The third-order valence-electron chi connectivity index (χ3n) is 6.06. The number of benzene rings is 1. The first-order valence-electron chi connectivity index (χ1n) is 11.0. The lowest BCUT2D eigenvalue weighted by atomic mass is 9.72. The van der Waals surface area contributed by atoms with E-state index in [2.05, 4.69) is 45.0 Å². The van der Waals surface area contributed by atoms with E-state index in [1.54, 1.807) is 16.4 Å². The molecule has 0 spiro atoms. The first-order chi connectivity index (χ1) is 16.0. The van der Waals surface area contributed by atoms with Gasteiger partial charge in [-0.15, -0.1) is 5.10 Å². The molecular formula is C24H26N8O. The standard InChI is InChI=1S/C24H26N8O/c1-18(33)14-31-15-20(13-26-31)27-23-28-22-21(8-5-11-32(22)29-23)30-16-24(17-30,9-10-25)12-19-6-3-2-4-7-19/h2-8,11,15,26H,9,12-14,16-17H2,1H3,(H,27,29). The lowest BCUT2D eigenvalue weighted by Gasteiger charge is -2.50. The maximum atomic E-state index is 11.3. The summed E-state index contributed by atoms with van der Waals surface area (Å²) < 4.78 is 1.77. The topological polar surface area (TPSA) is 102 Å². The number of hydrogen-bond donors (Lipinski definition) is 2. The summed E-state index contributed by atoms with van der Waals surface area (Å²) in [5, 5.41) is 19.0. The highest BCUT2D eigenvalue weighted by molar-refractivity contribution is 5.77. The second kappa shape index (κ2) is 8.56. The fraction of sp³-hybridized carbons (Fsp3) is 0.333. The number of Topliss-reactive ketones (excluding diaryl/α,β-unsaturated/α-hetero) is 1. The van der Waals surface area contributed by atoms with E-state index in [0.29, 0.717) is 25.5 Å². The number of anilines is 2. The van der Waals surface area contributed by atoms with Crippen molar-refractivity contribution in [1.82, 2.24) is 25.0 Å². The van der Waals surface area contributed by atoms with Gasteiger partial charge in [-0.2, -0.15) is 10.2 Å². The van der Waals surface area contributed by atoms with Gasteiger partial charge in [-0.1, -0.05) is 30.3 Å². The maximum Gasteiger partial charge on any atom is 0.247 e. The maximum absolute atomic E-state index is 11.3. The van der Waals surface area contributed by atoms with Gasteiger partial charge in [0.1, 0.15) is 0 Å². The zero-order chi connectivity index (χ0) is 22.8. The van der Waals surface area contributed by atoms with Crippen molar-refractivity contribution in [1.29, 1.82) is 5.26 Å². The summed E-state index contributed by atoms with van der Waals surface area (Å²) in [5.41, 5.74) is 7.03. The molecule has 5 rings (SSSR count). The zero-order valence-corrected chi connectivity index (χ0v) is 18.5. The van der Waals surface area contributed by atoms with E-state index in [9.17, 15) is 10.1 Å². The van der Waals surface area contributed by atoms with Crippen LogP contribution in [0, 0.1) is 16.7 Å². The Kier molecular flexibility index (Phi) is 5.44. The summed E-state index contributed by atoms with van der Waals surface area (Å²) in [7, 11) is 0. The van der Waals surface area contributed by atoms with Gasteiger partial charge in [-0.3, -0.25) is 4.79 Å². The number of aromatic nitrogens is 3. The fourth-order valence-electron chi connectivity index (χ4n) is 4.64. The molecule has 0 unspecified atom stereocenters. The third kappa shape index (κ3) is 4.38. The van der Waals surface area contributed by atoms with Crippen LogP contribution < -0.4 is 15.6 Å². The molecule has 2 aliphatic heterocycles. The van der Waals surface area contributed by atoms with Crippen molar-refractivity contribution in [2.45, 2.75) is 19.8 Å². The highest BCUT2D eigenvalue weighted by atomic mass is 16.1. The van der Waals surface area contributed by atoms with Crippen LogP contribution in [-0.4, -0.2) is 51.6 Å². The summed E-state index contributed by atoms with van der Waals surface area (Å²) in [6.07, 6.45) is 5.16. The van der Waals surface area contributed by atoms with E-state index >= 15 is 0 Å². The number of nitrogens with one attached hydrogen (secondary N) is 2. The highest BCUT2D eigenvalue weighted by Gasteiger charge is 2.43. The molecule has 1 saturated heterocycles. The van der Waals surface area contributed by atoms with E-state index in [-0.39, 0.29) is 11.2 Å². The van der Waals surface area contributed by atoms with Gasteiger partial charge in [0.25, 0.3) is 0 Å². The molecule has 2 aliphatic rings. The fourth-order valence-corrected chi connectivity index (χ4v) is 4.64. The summed E-state index contributed by atoms with van der Waals surface area (Å²) >= 11 is 0. The predicted molar refractivity (Wildman–Crippen MR) is 125 cm³/mol. The number of pyridine rings is 1. The van der Waals surface area contributed by atoms with Gasteiger partial charge >= 0.3 is 0 Å². The second-order valence-corrected chi connectivity index (χ2v) is 8.89. The molecule has 0 bridgehead atoms. The van der Waals surface area contributed by atoms with E-state index in [0.717, 1.165) is 36.5 Å². The number of hydrazine groups is 1. The van der Waals surface area contributed by atoms with Crippen LogP contribution in [0.2, 0.25) is 0 Å². The number of carbonyl (C=O) groups is 1. The van der Waals surface area contributed by atoms with Crippen molar-refractivity contribution in [2.24, 2.45) is 5.41 Å². The average Bonchev–Trinajstić information content (AvgIpc) is 3.38. The van der Waals surface area contributed by atoms with Crippen molar-refractivity contribution in [2.75, 3.05) is 36.4 Å². The molecule has 9 nitrogen and oxygen atoms in total. The molecule has 0 amide bonds. The predicted octanol–water partition coefficient (Wildman–Crippen LogP) is 2.35. The van der Waals surface area contributed by atoms with Gasteiger partial charge in [-0.05, 0) is 31.0 Å². The third-order valence-corrected chi connectivity index (χ3v) is 6.06. The molecule has 9 heteroatoms. The molecule has 0 atom stereocenters. The van der Waals surface area contributed by atoms with Crippen molar-refractivity contribution < 1.29 is 4.79 Å². The first-order valence-corrected chi connectivity index (χ1v) is 11.0. The van der Waals surface area contributed by atoms with Crippen LogP contribution in [0.25, 0.3) is 5.65 Å². The number of carbonyl (C=O) groups excluding carboxylic acids is 1. The van der Waals surface area contributed by atoms with Crippen LogP contribution in [0.4, 0.5) is 11.6 Å². The van der Waals surface area contributed by atoms with Crippen LogP contribution >= 0.6 is 0 Å². The van der Waals surface area contributed by atoms with Gasteiger partial charge in [-0.25, -0.2) is 9.94 Å². The molecule has 0 saturated carbocycles. The average molecular weight is 443 g/mol. The molecule has 2 N–H and O–H groups in total. The van der Waals surface area contributed by atoms with Crippen LogP contribution in [0.15, 0.2) is 60.6 Å². The molecule has 2 aromatic heterocycles. The van der Waals surface area contributed by atoms with Crippen LogP contribution in [0.1, 0.15) is 18.9 Å². The van der Waals surface area contributed by atoms with Crippen LogP contribution in [0.5, 0.6) is 0 Å². The summed E-state index contributed by atoms with van der Waals surface area (Å²) in [6, 6.07) is 16.8. The van der Waals surface area contributed by atoms with E-state index in [1.165, 1.54) is 5.56 Å². The van der Waals surface area contributed by atoms with Crippen molar-refractivity contribution in [3.8, 4) is 6.07 Å². The van der Waals surface area contributed by atoms with Crippen molar-refractivity contribution >= 4 is 23.1 Å². The normalized spacial score (nSPS) is 16.9. The Morgan fingerprint density at radius 1 is 1.24 bits per heavy atom. The van der Waals surface area contributed by atoms with Gasteiger partial charge < -0.3 is 15.2 Å². The smallest absolute Gasteiger partial charge is 0.247 e. The largest absolute Gasteiger partial charge is 0.367 e. The number of rotatable bonds is 8. The lowest BCUT2D eigenvalue weighted by molar-refractivity contribution is -0.117. The summed E-state index contributed by atoms with van der Waals surface area (Å²) in [5.74, 6) is 0.595. The van der Waals surface area contributed by atoms with Crippen molar-refractivity contribution in [3.63, 3.8) is 0 Å². The van der Waals surface area contributed by atoms with Crippen molar-refractivity contribution in [3.05, 3.63) is 66.1 Å². The van der Waals surface area contributed by atoms with E-state index in [4.69, 9.17) is 4.98 Å². The molecule has 4 heterocycles. The molecule has 33 heavy (non-hydrogen) atoms. The van der Waals surface area contributed by atoms with Gasteiger partial charge in [0, 0.05) is 37.3 Å². The summed E-state index contributed by atoms with van der Waals surface area (Å²) in [4.78, 5) is 18.3. The number of nitrogens with zero attached hydrogens (tertiary/aromatic N) is 6. The van der Waals surface area contributed by atoms with E-state index < -0.39 is 0 Å². The molecular weight excluding hydrogens is 416 g/mol. The Morgan fingerprint density at radius 2 is 2.06 bits per heavy atom. The molecule has 0 aliphatic carbocycles. The Balaban J connectivity index is 1.32. The second-order valence-electron chi connectivity index (χ2n) is 8.89. The molecule has 1 aromatic carbocycles. The minimum atomic E-state index is -0.0511. The van der Waals surface area contributed by atoms with Gasteiger partial charge in [0.05, 0.1) is 30.5 Å². The molecule has 3 aromatic rings. The summed E-state index contributed by atoms with van der Waals surface area (Å²) in [6.45, 7) is 4.07. The van der Waals surface area contributed by atoms with Gasteiger partial charge in [0.2, 0.25) is 5.95 Å². The molecule has 168 valence electrons. The van der Waals surface area contributed by atoms with E-state index in [1.807, 2.05) is 36.7 Å². The number of fused-ring (bicyclic) bond motifs is 1. The Morgan fingerprint density at radius 3 is 2.82 bits per heavy atom. The van der Waals surface area contributed by atoms with Gasteiger partial charge in [0.15, 0.2) is 11.4 Å². The number of ketones is 1. The Bertz CT molecular complexity index is 1240. The monoisotopic (exact) mass is 442 g/mol. The minimum absolute atomic E-state index is 0.0511. The van der Waals surface area contributed by atoms with Crippen LogP contribution in [0.3, 0.4) is 0 Å². The number of nitriles is 1. The number of hydrogen-bond acceptors (Lipinski definition) is 8. The SMILES string of the molecule is CC(=O)CN1C=C(Nc2nc3c(N4CC(CC#N)(Cc5ccccc5)C4)cccn3n2)CN1. The lowest BCUT2D eigenvalue weighted by Crippen LogP contribution is -2.57. The zero-order valence-electron chi connectivity index (χ0n) is 18.5. The first kappa shape index (κ1) is 21.0. The van der Waals surface area contributed by atoms with Crippen LogP contribution in [-0.2, 0) is 11.2 Å². The quantitative estimate of drug-likeness (QED) is 0.548. The Labute approximate surface area is 192 Å².